The van der Waals surface area contributed by atoms with Crippen LogP contribution in [0.1, 0.15) is 38.5 Å². The van der Waals surface area contributed by atoms with Gasteiger partial charge in [0.2, 0.25) is 0 Å². The fourth-order valence-electron chi connectivity index (χ4n) is 2.23. The molecule has 0 aromatic rings. The van der Waals surface area contributed by atoms with Gasteiger partial charge in [-0.3, -0.25) is 0 Å². The van der Waals surface area contributed by atoms with Gasteiger partial charge in [0, 0.05) is 0 Å². The van der Waals surface area contributed by atoms with Crippen LogP contribution in [0.3, 0.4) is 0 Å². The number of fused-ring (bicyclic) bond motifs is 3. The fourth-order valence-corrected chi connectivity index (χ4v) is 2.23. The van der Waals surface area contributed by atoms with Gasteiger partial charge in [-0.05, 0) is 44.4 Å². The summed E-state index contributed by atoms with van der Waals surface area (Å²) in [5.41, 5.74) is -0.214. The van der Waals surface area contributed by atoms with E-state index in [0.29, 0.717) is 0 Å². The minimum absolute atomic E-state index is 0.214. The van der Waals surface area contributed by atoms with Crippen LogP contribution < -0.4 is 0 Å². The lowest BCUT2D eigenvalue weighted by Crippen LogP contribution is -2.39. The molecule has 0 spiro atoms. The molecule has 0 aromatic heterocycles. The molecule has 3 aliphatic rings. The summed E-state index contributed by atoms with van der Waals surface area (Å²) < 4.78 is 0. The maximum absolute atomic E-state index is 9.72. The SMILES string of the molecule is OC12CCC(CC1)CC2. The van der Waals surface area contributed by atoms with E-state index in [1.165, 1.54) is 19.3 Å². The standard InChI is InChI=1S/C8H14O/c9-8-4-1-7(2-5-8)3-6-8/h7,9H,1-6H2. The Labute approximate surface area is 56.1 Å². The summed E-state index contributed by atoms with van der Waals surface area (Å²) >= 11 is 0. The van der Waals surface area contributed by atoms with E-state index in [4.69, 9.17) is 0 Å². The molecule has 0 aliphatic heterocycles. The molecule has 3 fully saturated rings. The molecule has 0 heterocycles. The van der Waals surface area contributed by atoms with Crippen LogP contribution in [0, 0.1) is 5.92 Å². The number of hydrogen-bond acceptors (Lipinski definition) is 1. The van der Waals surface area contributed by atoms with Gasteiger partial charge in [0.1, 0.15) is 0 Å². The van der Waals surface area contributed by atoms with E-state index >= 15 is 0 Å². The molecule has 2 bridgehead atoms. The second-order valence-corrected chi connectivity index (χ2v) is 3.71. The highest BCUT2D eigenvalue weighted by atomic mass is 16.3. The van der Waals surface area contributed by atoms with E-state index in [0.717, 1.165) is 25.2 Å². The van der Waals surface area contributed by atoms with E-state index in [1.807, 2.05) is 0 Å². The summed E-state index contributed by atoms with van der Waals surface area (Å²) in [5, 5.41) is 9.72. The minimum Gasteiger partial charge on any atom is -0.390 e. The molecular formula is C8H14O. The molecule has 1 nitrogen and oxygen atoms in total. The van der Waals surface area contributed by atoms with E-state index in [1.54, 1.807) is 0 Å². The second kappa shape index (κ2) is 1.72. The highest BCUT2D eigenvalue weighted by Crippen LogP contribution is 2.43. The average Bonchev–Trinajstić information content (AvgIpc) is 1.90. The van der Waals surface area contributed by atoms with Crippen molar-refractivity contribution in [1.29, 1.82) is 0 Å². The van der Waals surface area contributed by atoms with Crippen LogP contribution in [-0.4, -0.2) is 10.7 Å². The molecule has 1 heteroatoms. The van der Waals surface area contributed by atoms with Crippen LogP contribution in [0.4, 0.5) is 0 Å². The molecule has 52 valence electrons. The topological polar surface area (TPSA) is 20.2 Å². The van der Waals surface area contributed by atoms with E-state index < -0.39 is 0 Å². The fraction of sp³-hybridized carbons (Fsp3) is 1.00. The first-order valence-electron chi connectivity index (χ1n) is 4.01. The van der Waals surface area contributed by atoms with Gasteiger partial charge in [-0.25, -0.2) is 0 Å². The summed E-state index contributed by atoms with van der Waals surface area (Å²) in [7, 11) is 0. The molecule has 0 saturated heterocycles. The molecule has 0 radical (unpaired) electrons. The van der Waals surface area contributed by atoms with Gasteiger partial charge in [-0.2, -0.15) is 0 Å². The maximum Gasteiger partial charge on any atom is 0.0648 e. The van der Waals surface area contributed by atoms with Crippen molar-refractivity contribution >= 4 is 0 Å². The normalized spacial score (nSPS) is 49.7. The van der Waals surface area contributed by atoms with E-state index in [-0.39, 0.29) is 5.60 Å². The summed E-state index contributed by atoms with van der Waals surface area (Å²) in [6, 6.07) is 0. The van der Waals surface area contributed by atoms with Crippen molar-refractivity contribution in [1.82, 2.24) is 0 Å². The lowest BCUT2D eigenvalue weighted by atomic mass is 9.68. The average molecular weight is 126 g/mol. The Hall–Kier alpha value is -0.0400. The van der Waals surface area contributed by atoms with Crippen LogP contribution in [0.25, 0.3) is 0 Å². The Morgan fingerprint density at radius 2 is 1.44 bits per heavy atom. The number of aliphatic hydroxyl groups is 1. The smallest absolute Gasteiger partial charge is 0.0648 e. The molecule has 1 N–H and O–H groups in total. The Morgan fingerprint density at radius 1 is 1.00 bits per heavy atom. The van der Waals surface area contributed by atoms with Crippen LogP contribution in [0.5, 0.6) is 0 Å². The van der Waals surface area contributed by atoms with Crippen molar-refractivity contribution in [2.24, 2.45) is 5.92 Å². The lowest BCUT2D eigenvalue weighted by Gasteiger charge is -2.42. The Morgan fingerprint density at radius 3 is 1.67 bits per heavy atom. The molecule has 0 amide bonds. The van der Waals surface area contributed by atoms with Crippen molar-refractivity contribution in [3.63, 3.8) is 0 Å². The van der Waals surface area contributed by atoms with Gasteiger partial charge in [0.15, 0.2) is 0 Å². The van der Waals surface area contributed by atoms with Crippen molar-refractivity contribution in [3.05, 3.63) is 0 Å². The zero-order chi connectivity index (χ0) is 6.32. The zero-order valence-electron chi connectivity index (χ0n) is 5.77. The van der Waals surface area contributed by atoms with Gasteiger partial charge >= 0.3 is 0 Å². The van der Waals surface area contributed by atoms with Gasteiger partial charge in [0.05, 0.1) is 5.60 Å². The third-order valence-electron chi connectivity index (χ3n) is 3.05. The van der Waals surface area contributed by atoms with Crippen molar-refractivity contribution in [3.8, 4) is 0 Å². The highest BCUT2D eigenvalue weighted by Gasteiger charge is 2.38. The molecule has 0 atom stereocenters. The zero-order valence-corrected chi connectivity index (χ0v) is 5.77. The lowest BCUT2D eigenvalue weighted by molar-refractivity contribution is -0.0541. The molecule has 0 aromatic carbocycles. The van der Waals surface area contributed by atoms with Crippen LogP contribution in [-0.2, 0) is 0 Å². The van der Waals surface area contributed by atoms with Crippen LogP contribution in [0.2, 0.25) is 0 Å². The Balaban J connectivity index is 2.11. The van der Waals surface area contributed by atoms with Crippen molar-refractivity contribution < 1.29 is 5.11 Å². The second-order valence-electron chi connectivity index (χ2n) is 3.71. The molecule has 0 unspecified atom stereocenters. The molecule has 3 rings (SSSR count). The van der Waals surface area contributed by atoms with Crippen LogP contribution in [0.15, 0.2) is 0 Å². The minimum atomic E-state index is -0.214. The summed E-state index contributed by atoms with van der Waals surface area (Å²) in [5.74, 6) is 0.971. The first kappa shape index (κ1) is 5.72. The number of rotatable bonds is 0. The predicted octanol–water partition coefficient (Wildman–Crippen LogP) is 1.70. The molecule has 3 aliphatic carbocycles. The van der Waals surface area contributed by atoms with Gasteiger partial charge in [-0.15, -0.1) is 0 Å². The Kier molecular flexibility index (Phi) is 1.10. The summed E-state index contributed by atoms with van der Waals surface area (Å²) in [6.45, 7) is 0. The van der Waals surface area contributed by atoms with Gasteiger partial charge < -0.3 is 5.11 Å². The molecule has 9 heavy (non-hydrogen) atoms. The summed E-state index contributed by atoms with van der Waals surface area (Å²) in [6.07, 6.45) is 7.11. The van der Waals surface area contributed by atoms with Crippen molar-refractivity contribution in [2.75, 3.05) is 0 Å². The van der Waals surface area contributed by atoms with E-state index in [2.05, 4.69) is 0 Å². The van der Waals surface area contributed by atoms with Crippen LogP contribution >= 0.6 is 0 Å². The van der Waals surface area contributed by atoms with Gasteiger partial charge in [0.25, 0.3) is 0 Å². The molecule has 3 saturated carbocycles. The monoisotopic (exact) mass is 126 g/mol. The largest absolute Gasteiger partial charge is 0.390 e. The quantitative estimate of drug-likeness (QED) is 0.523. The first-order valence-corrected chi connectivity index (χ1v) is 4.01. The third-order valence-corrected chi connectivity index (χ3v) is 3.05. The van der Waals surface area contributed by atoms with Gasteiger partial charge in [-0.1, -0.05) is 0 Å². The first-order chi connectivity index (χ1) is 4.29. The number of hydrogen-bond donors (Lipinski definition) is 1. The predicted molar refractivity (Wildman–Crippen MR) is 36.1 cm³/mol. The summed E-state index contributed by atoms with van der Waals surface area (Å²) in [4.78, 5) is 0. The highest BCUT2D eigenvalue weighted by molar-refractivity contribution is 4.91. The van der Waals surface area contributed by atoms with E-state index in [9.17, 15) is 5.11 Å². The Bertz CT molecular complexity index is 98.0. The van der Waals surface area contributed by atoms with Crippen molar-refractivity contribution in [2.45, 2.75) is 44.1 Å². The molecular weight excluding hydrogens is 112 g/mol. The third kappa shape index (κ3) is 0.877. The maximum atomic E-state index is 9.72.